The monoisotopic (exact) mass is 161 g/mol. The molecule has 0 fully saturated rings. The van der Waals surface area contributed by atoms with E-state index in [1.807, 2.05) is 20.8 Å². The van der Waals surface area contributed by atoms with E-state index in [2.05, 4.69) is 5.16 Å². The molecule has 0 saturated carbocycles. The molecule has 3 heteroatoms. The lowest BCUT2D eigenvalue weighted by Gasteiger charge is -2.25. The molecule has 11 heavy (non-hydrogen) atoms. The molecule has 2 nitrogen and oxygen atoms in total. The molecule has 66 valence electrons. The van der Waals surface area contributed by atoms with Gasteiger partial charge in [0.1, 0.15) is 6.67 Å². The zero-order chi connectivity index (χ0) is 8.91. The predicted octanol–water partition coefficient (Wildman–Crippen LogP) is 2.61. The lowest BCUT2D eigenvalue weighted by molar-refractivity contribution is 0.295. The Bertz CT molecular complexity index is 141. The van der Waals surface area contributed by atoms with Crippen molar-refractivity contribution in [3.63, 3.8) is 0 Å². The van der Waals surface area contributed by atoms with Crippen molar-refractivity contribution in [2.75, 3.05) is 6.67 Å². The van der Waals surface area contributed by atoms with Crippen molar-refractivity contribution in [2.24, 2.45) is 10.6 Å². The minimum atomic E-state index is -0.658. The van der Waals surface area contributed by atoms with E-state index in [4.69, 9.17) is 5.21 Å². The summed E-state index contributed by atoms with van der Waals surface area (Å²) in [6, 6.07) is 0. The maximum Gasteiger partial charge on any atom is 0.131 e. The highest BCUT2D eigenvalue weighted by Crippen LogP contribution is 2.27. The van der Waals surface area contributed by atoms with E-state index in [1.165, 1.54) is 0 Å². The van der Waals surface area contributed by atoms with Crippen molar-refractivity contribution in [1.82, 2.24) is 0 Å². The Morgan fingerprint density at radius 3 is 2.00 bits per heavy atom. The Labute approximate surface area is 67.1 Å². The molecule has 0 aliphatic rings. The molecule has 0 aliphatic heterocycles. The van der Waals surface area contributed by atoms with Crippen LogP contribution >= 0.6 is 0 Å². The fourth-order valence-electron chi connectivity index (χ4n) is 0.967. The van der Waals surface area contributed by atoms with Gasteiger partial charge in [-0.1, -0.05) is 25.9 Å². The highest BCUT2D eigenvalue weighted by molar-refractivity contribution is 5.90. The topological polar surface area (TPSA) is 32.6 Å². The van der Waals surface area contributed by atoms with Gasteiger partial charge in [-0.2, -0.15) is 0 Å². The third-order valence-corrected chi connectivity index (χ3v) is 2.50. The first kappa shape index (κ1) is 10.4. The number of alkyl halides is 1. The van der Waals surface area contributed by atoms with Crippen molar-refractivity contribution in [1.29, 1.82) is 0 Å². The third-order valence-electron chi connectivity index (χ3n) is 2.50. The van der Waals surface area contributed by atoms with Gasteiger partial charge in [-0.15, -0.1) is 0 Å². The van der Waals surface area contributed by atoms with Crippen LogP contribution in [0.15, 0.2) is 5.16 Å². The van der Waals surface area contributed by atoms with Crippen LogP contribution in [0, 0.1) is 5.41 Å². The van der Waals surface area contributed by atoms with Crippen molar-refractivity contribution in [3.8, 4) is 0 Å². The van der Waals surface area contributed by atoms with Crippen LogP contribution in [-0.4, -0.2) is 17.6 Å². The van der Waals surface area contributed by atoms with Crippen molar-refractivity contribution in [2.45, 2.75) is 33.6 Å². The first-order valence-corrected chi connectivity index (χ1v) is 3.92. The largest absolute Gasteiger partial charge is 0.411 e. The summed E-state index contributed by atoms with van der Waals surface area (Å²) in [4.78, 5) is 0. The molecule has 0 aromatic heterocycles. The second-order valence-corrected chi connectivity index (χ2v) is 2.95. The molecular weight excluding hydrogens is 145 g/mol. The van der Waals surface area contributed by atoms with Crippen LogP contribution in [0.3, 0.4) is 0 Å². The Morgan fingerprint density at radius 1 is 1.45 bits per heavy atom. The van der Waals surface area contributed by atoms with Gasteiger partial charge < -0.3 is 5.21 Å². The second-order valence-electron chi connectivity index (χ2n) is 2.95. The molecular formula is C8H16FNO. The van der Waals surface area contributed by atoms with E-state index in [-0.39, 0.29) is 11.1 Å². The lowest BCUT2D eigenvalue weighted by atomic mass is 9.80. The lowest BCUT2D eigenvalue weighted by Crippen LogP contribution is -2.27. The minimum absolute atomic E-state index is 0.252. The SMILES string of the molecule is CCC(C)(CC)/C(CF)=N\O. The number of nitrogens with zero attached hydrogens (tertiary/aromatic N) is 1. The molecule has 0 amide bonds. The van der Waals surface area contributed by atoms with Crippen molar-refractivity contribution >= 4 is 5.71 Å². The summed E-state index contributed by atoms with van der Waals surface area (Å²) in [5.74, 6) is 0. The van der Waals surface area contributed by atoms with Gasteiger partial charge in [0.25, 0.3) is 0 Å². The van der Waals surface area contributed by atoms with E-state index in [0.29, 0.717) is 0 Å². The molecule has 0 heterocycles. The van der Waals surface area contributed by atoms with E-state index < -0.39 is 6.67 Å². The fourth-order valence-corrected chi connectivity index (χ4v) is 0.967. The Kier molecular flexibility index (Phi) is 4.08. The van der Waals surface area contributed by atoms with Gasteiger partial charge in [-0.25, -0.2) is 4.39 Å². The molecule has 0 spiro atoms. The quantitative estimate of drug-likeness (QED) is 0.383. The van der Waals surface area contributed by atoms with Gasteiger partial charge >= 0.3 is 0 Å². The molecule has 0 bridgehead atoms. The highest BCUT2D eigenvalue weighted by Gasteiger charge is 2.26. The predicted molar refractivity (Wildman–Crippen MR) is 43.9 cm³/mol. The number of halogens is 1. The first-order chi connectivity index (χ1) is 5.14. The fraction of sp³-hybridized carbons (Fsp3) is 0.875. The van der Waals surface area contributed by atoms with Crippen LogP contribution in [0.5, 0.6) is 0 Å². The normalized spacial score (nSPS) is 13.6. The zero-order valence-corrected chi connectivity index (χ0v) is 7.39. The van der Waals surface area contributed by atoms with Gasteiger partial charge in [0.05, 0.1) is 5.71 Å². The summed E-state index contributed by atoms with van der Waals surface area (Å²) in [5.41, 5.74) is -0.0220. The third kappa shape index (κ3) is 2.17. The molecule has 0 radical (unpaired) electrons. The minimum Gasteiger partial charge on any atom is -0.411 e. The summed E-state index contributed by atoms with van der Waals surface area (Å²) >= 11 is 0. The van der Waals surface area contributed by atoms with Gasteiger partial charge in [-0.3, -0.25) is 0 Å². The van der Waals surface area contributed by atoms with Crippen LogP contribution in [0.2, 0.25) is 0 Å². The van der Waals surface area contributed by atoms with Crippen LogP contribution in [-0.2, 0) is 0 Å². The average molecular weight is 161 g/mol. The number of hydrogen-bond acceptors (Lipinski definition) is 2. The maximum absolute atomic E-state index is 12.2. The molecule has 0 aromatic carbocycles. The van der Waals surface area contributed by atoms with Crippen molar-refractivity contribution < 1.29 is 9.60 Å². The Morgan fingerprint density at radius 2 is 1.91 bits per heavy atom. The molecule has 0 rings (SSSR count). The second kappa shape index (κ2) is 4.31. The molecule has 0 saturated heterocycles. The molecule has 0 unspecified atom stereocenters. The van der Waals surface area contributed by atoms with E-state index in [0.717, 1.165) is 12.8 Å². The Hall–Kier alpha value is -0.600. The van der Waals surface area contributed by atoms with E-state index in [1.54, 1.807) is 0 Å². The van der Waals surface area contributed by atoms with Gasteiger partial charge in [0.2, 0.25) is 0 Å². The maximum atomic E-state index is 12.2. The summed E-state index contributed by atoms with van der Waals surface area (Å²) in [7, 11) is 0. The molecule has 0 aliphatic carbocycles. The number of oxime groups is 1. The van der Waals surface area contributed by atoms with Crippen LogP contribution in [0.1, 0.15) is 33.6 Å². The van der Waals surface area contributed by atoms with E-state index >= 15 is 0 Å². The van der Waals surface area contributed by atoms with Gasteiger partial charge in [-0.05, 0) is 12.8 Å². The smallest absolute Gasteiger partial charge is 0.131 e. The van der Waals surface area contributed by atoms with Crippen LogP contribution in [0.25, 0.3) is 0 Å². The Balaban J connectivity index is 4.46. The number of hydrogen-bond donors (Lipinski definition) is 1. The molecule has 0 aromatic rings. The molecule has 1 N–H and O–H groups in total. The van der Waals surface area contributed by atoms with Crippen LogP contribution < -0.4 is 0 Å². The average Bonchev–Trinajstić information content (AvgIpc) is 2.06. The van der Waals surface area contributed by atoms with Gasteiger partial charge in [0.15, 0.2) is 0 Å². The first-order valence-electron chi connectivity index (χ1n) is 3.92. The number of rotatable bonds is 4. The highest BCUT2D eigenvalue weighted by atomic mass is 19.1. The summed E-state index contributed by atoms with van der Waals surface area (Å²) in [6.07, 6.45) is 1.60. The standard InChI is InChI=1S/C8H16FNO/c1-4-8(3,5-2)7(6-9)10-11/h11H,4-6H2,1-3H3/b10-7-. The van der Waals surface area contributed by atoms with Gasteiger partial charge in [0, 0.05) is 5.41 Å². The summed E-state index contributed by atoms with van der Waals surface area (Å²) in [5, 5.41) is 11.4. The zero-order valence-electron chi connectivity index (χ0n) is 7.39. The van der Waals surface area contributed by atoms with Crippen LogP contribution in [0.4, 0.5) is 4.39 Å². The molecule has 0 atom stereocenters. The summed E-state index contributed by atoms with van der Waals surface area (Å²) in [6.45, 7) is 5.17. The van der Waals surface area contributed by atoms with E-state index in [9.17, 15) is 4.39 Å². The summed E-state index contributed by atoms with van der Waals surface area (Å²) < 4.78 is 12.2. The van der Waals surface area contributed by atoms with Crippen molar-refractivity contribution in [3.05, 3.63) is 0 Å².